The number of nitrogens with zero attached hydrogens (tertiary/aromatic N) is 2. The summed E-state index contributed by atoms with van der Waals surface area (Å²) in [6, 6.07) is -0.584. The zero-order valence-electron chi connectivity index (χ0n) is 8.05. The molecular weight excluding hydrogens is 286 g/mol. The van der Waals surface area contributed by atoms with E-state index in [1.54, 1.807) is 11.3 Å². The van der Waals surface area contributed by atoms with Crippen LogP contribution < -0.4 is 0 Å². The molecule has 2 rings (SSSR count). The van der Waals surface area contributed by atoms with Crippen LogP contribution >= 0.6 is 27.3 Å². The Morgan fingerprint density at radius 2 is 2.20 bits per heavy atom. The Morgan fingerprint density at radius 1 is 1.47 bits per heavy atom. The maximum atomic E-state index is 12.5. The quantitative estimate of drug-likeness (QED) is 0.852. The number of halogens is 3. The first-order valence-electron chi connectivity index (χ1n) is 4.74. The molecule has 0 N–H and O–H groups in total. The predicted molar refractivity (Wildman–Crippen MR) is 59.7 cm³/mol. The molecule has 0 fully saturated rings. The molecule has 0 bridgehead atoms. The minimum Gasteiger partial charge on any atom is -0.290 e. The number of thiazole rings is 1. The van der Waals surface area contributed by atoms with Gasteiger partial charge in [-0.05, 0) is 15.9 Å². The largest absolute Gasteiger partial charge is 0.290 e. The van der Waals surface area contributed by atoms with E-state index in [-0.39, 0.29) is 0 Å². The molecule has 1 aliphatic heterocycles. The SMILES string of the molecule is FCC(CF)N1CCc2nc(Br)sc2C1. The van der Waals surface area contributed by atoms with Crippen LogP contribution in [0.5, 0.6) is 0 Å². The van der Waals surface area contributed by atoms with Gasteiger partial charge in [0.25, 0.3) is 0 Å². The molecule has 0 radical (unpaired) electrons. The van der Waals surface area contributed by atoms with Crippen LogP contribution in [0.15, 0.2) is 3.92 Å². The molecule has 0 spiro atoms. The highest BCUT2D eigenvalue weighted by atomic mass is 79.9. The van der Waals surface area contributed by atoms with E-state index in [2.05, 4.69) is 20.9 Å². The van der Waals surface area contributed by atoms with Crippen molar-refractivity contribution in [1.82, 2.24) is 9.88 Å². The predicted octanol–water partition coefficient (Wildman–Crippen LogP) is 2.57. The number of alkyl halides is 2. The molecule has 0 aromatic carbocycles. The van der Waals surface area contributed by atoms with E-state index in [1.807, 2.05) is 4.90 Å². The zero-order valence-corrected chi connectivity index (χ0v) is 10.5. The lowest BCUT2D eigenvalue weighted by molar-refractivity contribution is 0.126. The molecule has 1 aliphatic rings. The monoisotopic (exact) mass is 296 g/mol. The highest BCUT2D eigenvalue weighted by molar-refractivity contribution is 9.11. The van der Waals surface area contributed by atoms with Crippen LogP contribution in [0.1, 0.15) is 10.6 Å². The summed E-state index contributed by atoms with van der Waals surface area (Å²) < 4.78 is 25.9. The Morgan fingerprint density at radius 3 is 2.87 bits per heavy atom. The van der Waals surface area contributed by atoms with Gasteiger partial charge in [-0.1, -0.05) is 0 Å². The standard InChI is InChI=1S/C9H11BrF2N2S/c10-9-13-7-1-2-14(5-8(7)15-9)6(3-11)4-12/h6H,1-5H2. The van der Waals surface area contributed by atoms with Gasteiger partial charge in [0.2, 0.25) is 0 Å². The van der Waals surface area contributed by atoms with Gasteiger partial charge < -0.3 is 0 Å². The fraction of sp³-hybridized carbons (Fsp3) is 0.667. The van der Waals surface area contributed by atoms with Gasteiger partial charge >= 0.3 is 0 Å². The number of fused-ring (bicyclic) bond motifs is 1. The van der Waals surface area contributed by atoms with Gasteiger partial charge in [0.1, 0.15) is 13.3 Å². The summed E-state index contributed by atoms with van der Waals surface area (Å²) in [6.07, 6.45) is 0.786. The third-order valence-electron chi connectivity index (χ3n) is 2.61. The molecule has 0 unspecified atom stereocenters. The van der Waals surface area contributed by atoms with Gasteiger partial charge in [0, 0.05) is 24.4 Å². The lowest BCUT2D eigenvalue weighted by Crippen LogP contribution is -2.41. The Kier molecular flexibility index (Phi) is 3.69. The lowest BCUT2D eigenvalue weighted by atomic mass is 10.1. The first-order valence-corrected chi connectivity index (χ1v) is 6.35. The van der Waals surface area contributed by atoms with Crippen molar-refractivity contribution in [3.63, 3.8) is 0 Å². The summed E-state index contributed by atoms with van der Waals surface area (Å²) in [6.45, 7) is 0.0798. The summed E-state index contributed by atoms with van der Waals surface area (Å²) in [5, 5.41) is 0. The van der Waals surface area contributed by atoms with Gasteiger partial charge in [-0.3, -0.25) is 4.90 Å². The molecule has 0 saturated carbocycles. The lowest BCUT2D eigenvalue weighted by Gasteiger charge is -2.30. The molecular formula is C9H11BrF2N2S. The molecule has 1 aromatic heterocycles. The van der Waals surface area contributed by atoms with Crippen LogP contribution in [0, 0.1) is 0 Å². The van der Waals surface area contributed by atoms with Crippen LogP contribution in [-0.2, 0) is 13.0 Å². The molecule has 0 aliphatic carbocycles. The second-order valence-electron chi connectivity index (χ2n) is 3.52. The summed E-state index contributed by atoms with van der Waals surface area (Å²) in [5.41, 5.74) is 1.07. The maximum Gasteiger partial charge on any atom is 0.159 e. The van der Waals surface area contributed by atoms with Gasteiger partial charge in [0.15, 0.2) is 3.92 Å². The molecule has 0 atom stereocenters. The van der Waals surface area contributed by atoms with Crippen molar-refractivity contribution in [2.75, 3.05) is 19.9 Å². The minimum atomic E-state index is -0.619. The highest BCUT2D eigenvalue weighted by Gasteiger charge is 2.25. The zero-order chi connectivity index (χ0) is 10.8. The third kappa shape index (κ3) is 2.37. The van der Waals surface area contributed by atoms with Crippen LogP contribution in [-0.4, -0.2) is 35.8 Å². The van der Waals surface area contributed by atoms with Gasteiger partial charge in [-0.25, -0.2) is 13.8 Å². The topological polar surface area (TPSA) is 16.1 Å². The van der Waals surface area contributed by atoms with Gasteiger partial charge in [0.05, 0.1) is 11.7 Å². The van der Waals surface area contributed by atoms with E-state index in [0.29, 0.717) is 13.1 Å². The molecule has 2 heterocycles. The van der Waals surface area contributed by atoms with Crippen molar-refractivity contribution in [3.8, 4) is 0 Å². The van der Waals surface area contributed by atoms with Crippen molar-refractivity contribution < 1.29 is 8.78 Å². The summed E-state index contributed by atoms with van der Waals surface area (Å²) in [5.74, 6) is 0. The van der Waals surface area contributed by atoms with E-state index in [0.717, 1.165) is 20.9 Å². The third-order valence-corrected chi connectivity index (χ3v) is 4.14. The molecule has 0 saturated heterocycles. The number of hydrogen-bond acceptors (Lipinski definition) is 3. The summed E-state index contributed by atoms with van der Waals surface area (Å²) >= 11 is 4.88. The fourth-order valence-corrected chi connectivity index (χ4v) is 3.39. The normalized spacial score (nSPS) is 17.1. The number of aromatic nitrogens is 1. The van der Waals surface area contributed by atoms with Crippen LogP contribution in [0.2, 0.25) is 0 Å². The van der Waals surface area contributed by atoms with Crippen LogP contribution in [0.4, 0.5) is 8.78 Å². The highest BCUT2D eigenvalue weighted by Crippen LogP contribution is 2.29. The Hall–Kier alpha value is -0.0700. The average Bonchev–Trinajstić information content (AvgIpc) is 2.59. The number of hydrogen-bond donors (Lipinski definition) is 0. The Balaban J connectivity index is 2.10. The fourth-order valence-electron chi connectivity index (χ4n) is 1.73. The molecule has 15 heavy (non-hydrogen) atoms. The molecule has 2 nitrogen and oxygen atoms in total. The second-order valence-corrected chi connectivity index (χ2v) is 5.88. The summed E-state index contributed by atoms with van der Waals surface area (Å²) in [4.78, 5) is 7.30. The van der Waals surface area contributed by atoms with E-state index in [9.17, 15) is 8.78 Å². The maximum absolute atomic E-state index is 12.5. The summed E-state index contributed by atoms with van der Waals surface area (Å²) in [7, 11) is 0. The molecule has 84 valence electrons. The molecule has 1 aromatic rings. The Labute approximate surface area is 99.4 Å². The van der Waals surface area contributed by atoms with Crippen molar-refractivity contribution in [2.45, 2.75) is 19.0 Å². The first-order chi connectivity index (χ1) is 7.24. The van der Waals surface area contributed by atoms with Crippen molar-refractivity contribution in [2.24, 2.45) is 0 Å². The minimum absolute atomic E-state index is 0.584. The average molecular weight is 297 g/mol. The molecule has 6 heteroatoms. The first kappa shape index (κ1) is 11.4. The Bertz CT molecular complexity index is 341. The van der Waals surface area contributed by atoms with Crippen molar-refractivity contribution in [3.05, 3.63) is 14.5 Å². The van der Waals surface area contributed by atoms with E-state index < -0.39 is 19.4 Å². The smallest absolute Gasteiger partial charge is 0.159 e. The van der Waals surface area contributed by atoms with E-state index in [4.69, 9.17) is 0 Å². The second kappa shape index (κ2) is 4.84. The van der Waals surface area contributed by atoms with Crippen molar-refractivity contribution in [1.29, 1.82) is 0 Å². The van der Waals surface area contributed by atoms with Gasteiger partial charge in [-0.15, -0.1) is 11.3 Å². The van der Waals surface area contributed by atoms with Crippen LogP contribution in [0.25, 0.3) is 0 Å². The molecule has 0 amide bonds. The van der Waals surface area contributed by atoms with Crippen molar-refractivity contribution >= 4 is 27.3 Å². The van der Waals surface area contributed by atoms with Gasteiger partial charge in [-0.2, -0.15) is 0 Å². The number of rotatable bonds is 3. The van der Waals surface area contributed by atoms with E-state index >= 15 is 0 Å². The van der Waals surface area contributed by atoms with Crippen LogP contribution in [0.3, 0.4) is 0 Å². The van der Waals surface area contributed by atoms with E-state index in [1.165, 1.54) is 0 Å².